The lowest BCUT2D eigenvalue weighted by Gasteiger charge is -2.59. The first-order chi connectivity index (χ1) is 8.90. The van der Waals surface area contributed by atoms with Crippen LogP contribution in [0.25, 0.3) is 0 Å². The summed E-state index contributed by atoms with van der Waals surface area (Å²) >= 11 is 0. The van der Waals surface area contributed by atoms with Gasteiger partial charge in [0.2, 0.25) is 0 Å². The third-order valence-corrected chi connectivity index (χ3v) is 6.11. The van der Waals surface area contributed by atoms with E-state index in [0.717, 1.165) is 32.1 Å². The Balaban J connectivity index is 2.37. The maximum Gasteiger partial charge on any atom is 0.0618 e. The van der Waals surface area contributed by atoms with Crippen molar-refractivity contribution in [1.82, 2.24) is 0 Å². The molecule has 0 heterocycles. The molecule has 2 rings (SSSR count). The Morgan fingerprint density at radius 3 is 2.53 bits per heavy atom. The van der Waals surface area contributed by atoms with Crippen LogP contribution in [0.4, 0.5) is 0 Å². The van der Waals surface area contributed by atoms with Crippen LogP contribution in [0.3, 0.4) is 0 Å². The summed E-state index contributed by atoms with van der Waals surface area (Å²) in [6, 6.07) is 0. The van der Waals surface area contributed by atoms with E-state index < -0.39 is 11.5 Å². The average molecular weight is 268 g/mol. The normalized spacial score (nSPS) is 47.0. The summed E-state index contributed by atoms with van der Waals surface area (Å²) in [5.41, 5.74) is 0.875. The highest BCUT2D eigenvalue weighted by Gasteiger charge is 2.57. The van der Waals surface area contributed by atoms with Gasteiger partial charge >= 0.3 is 0 Å². The summed E-state index contributed by atoms with van der Waals surface area (Å²) < 4.78 is 0. The van der Waals surface area contributed by atoms with Gasteiger partial charge in [-0.2, -0.15) is 0 Å². The number of rotatable bonds is 3. The fourth-order valence-electron chi connectivity index (χ4n) is 4.86. The van der Waals surface area contributed by atoms with Crippen LogP contribution in [0.15, 0.2) is 12.2 Å². The first-order valence-corrected chi connectivity index (χ1v) is 7.47. The van der Waals surface area contributed by atoms with E-state index in [2.05, 4.69) is 13.5 Å². The summed E-state index contributed by atoms with van der Waals surface area (Å²) in [6.45, 7) is 8.71. The van der Waals surface area contributed by atoms with E-state index in [1.807, 2.05) is 6.92 Å². The molecule has 0 bridgehead atoms. The largest absolute Gasteiger partial charge is 0.396 e. The van der Waals surface area contributed by atoms with Gasteiger partial charge in [0.05, 0.1) is 12.7 Å². The minimum absolute atomic E-state index is 0.0345. The fourth-order valence-corrected chi connectivity index (χ4v) is 4.86. The van der Waals surface area contributed by atoms with E-state index in [1.54, 1.807) is 0 Å². The Bertz CT molecular complexity index is 354. The molecule has 2 fully saturated rings. The Morgan fingerprint density at radius 2 is 1.95 bits per heavy atom. The van der Waals surface area contributed by atoms with Gasteiger partial charge < -0.3 is 15.3 Å². The third kappa shape index (κ3) is 2.16. The first kappa shape index (κ1) is 15.0. The predicted molar refractivity (Wildman–Crippen MR) is 75.6 cm³/mol. The molecular weight excluding hydrogens is 240 g/mol. The Morgan fingerprint density at radius 1 is 1.26 bits per heavy atom. The van der Waals surface area contributed by atoms with Crippen LogP contribution >= 0.6 is 0 Å². The highest BCUT2D eigenvalue weighted by atomic mass is 16.3. The number of aliphatic hydroxyl groups excluding tert-OH is 3. The van der Waals surface area contributed by atoms with Gasteiger partial charge in [-0.1, -0.05) is 26.0 Å². The quantitative estimate of drug-likeness (QED) is 0.687. The van der Waals surface area contributed by atoms with Crippen LogP contribution in [0.1, 0.15) is 46.0 Å². The smallest absolute Gasteiger partial charge is 0.0618 e. The summed E-state index contributed by atoms with van der Waals surface area (Å²) in [5, 5.41) is 29.5. The monoisotopic (exact) mass is 268 g/mol. The van der Waals surface area contributed by atoms with Gasteiger partial charge in [-0.15, -0.1) is 0 Å². The second kappa shape index (κ2) is 5.19. The lowest BCUT2D eigenvalue weighted by atomic mass is 9.46. The first-order valence-electron chi connectivity index (χ1n) is 7.47. The molecule has 3 nitrogen and oxygen atoms in total. The molecule has 0 aromatic heterocycles. The van der Waals surface area contributed by atoms with Crippen molar-refractivity contribution < 1.29 is 15.3 Å². The van der Waals surface area contributed by atoms with Crippen molar-refractivity contribution in [3.8, 4) is 0 Å². The molecule has 2 aliphatic rings. The molecule has 5 unspecified atom stereocenters. The number of hydrogen-bond donors (Lipinski definition) is 3. The zero-order valence-electron chi connectivity index (χ0n) is 12.2. The van der Waals surface area contributed by atoms with E-state index in [0.29, 0.717) is 11.8 Å². The number of allylic oxidation sites excluding steroid dienone is 1. The lowest BCUT2D eigenvalue weighted by molar-refractivity contribution is -0.153. The minimum atomic E-state index is -0.420. The zero-order chi connectivity index (χ0) is 14.3. The lowest BCUT2D eigenvalue weighted by Crippen LogP contribution is -2.57. The number of fused-ring (bicyclic) bond motifs is 1. The van der Waals surface area contributed by atoms with E-state index in [4.69, 9.17) is 0 Å². The Hall–Kier alpha value is -0.380. The molecule has 2 saturated carbocycles. The molecule has 19 heavy (non-hydrogen) atoms. The molecule has 5 atom stereocenters. The molecule has 0 aliphatic heterocycles. The topological polar surface area (TPSA) is 60.7 Å². The summed E-state index contributed by atoms with van der Waals surface area (Å²) in [7, 11) is 0. The van der Waals surface area contributed by atoms with E-state index in [9.17, 15) is 15.3 Å². The molecule has 2 aliphatic carbocycles. The van der Waals surface area contributed by atoms with Crippen LogP contribution < -0.4 is 0 Å². The van der Waals surface area contributed by atoms with Crippen molar-refractivity contribution in [1.29, 1.82) is 0 Å². The summed E-state index contributed by atoms with van der Waals surface area (Å²) in [5.74, 6) is 0.616. The van der Waals surface area contributed by atoms with Gasteiger partial charge in [-0.3, -0.25) is 0 Å². The van der Waals surface area contributed by atoms with Crippen molar-refractivity contribution in [2.45, 2.75) is 52.1 Å². The van der Waals surface area contributed by atoms with Gasteiger partial charge in [0, 0.05) is 12.0 Å². The van der Waals surface area contributed by atoms with Crippen LogP contribution in [0.2, 0.25) is 0 Å². The van der Waals surface area contributed by atoms with Crippen LogP contribution in [-0.4, -0.2) is 34.6 Å². The van der Waals surface area contributed by atoms with Gasteiger partial charge in [-0.05, 0) is 49.4 Å². The van der Waals surface area contributed by atoms with Crippen LogP contribution in [0.5, 0.6) is 0 Å². The third-order valence-electron chi connectivity index (χ3n) is 6.11. The summed E-state index contributed by atoms with van der Waals surface area (Å²) in [4.78, 5) is 0. The van der Waals surface area contributed by atoms with Crippen molar-refractivity contribution in [2.75, 3.05) is 13.2 Å². The standard InChI is InChI=1S/C16H28O3/c1-11-4-5-13-15(2,12(11)7-9-17)8-6-14(19)16(13,3)10-18/h12-14,17-19H,1,4-10H2,2-3H3. The highest BCUT2D eigenvalue weighted by Crippen LogP contribution is 2.61. The van der Waals surface area contributed by atoms with Crippen molar-refractivity contribution in [2.24, 2.45) is 22.7 Å². The van der Waals surface area contributed by atoms with E-state index in [1.165, 1.54) is 5.57 Å². The van der Waals surface area contributed by atoms with Crippen LogP contribution in [-0.2, 0) is 0 Å². The Labute approximate surface area is 116 Å². The van der Waals surface area contributed by atoms with Crippen molar-refractivity contribution in [3.05, 3.63) is 12.2 Å². The number of hydrogen-bond acceptors (Lipinski definition) is 3. The molecule has 0 saturated heterocycles. The number of aliphatic hydroxyl groups is 3. The fraction of sp³-hybridized carbons (Fsp3) is 0.875. The van der Waals surface area contributed by atoms with Gasteiger partial charge in [-0.25, -0.2) is 0 Å². The van der Waals surface area contributed by atoms with E-state index in [-0.39, 0.29) is 18.6 Å². The molecule has 3 heteroatoms. The second-order valence-corrected chi connectivity index (χ2v) is 7.04. The molecule has 0 radical (unpaired) electrons. The maximum absolute atomic E-state index is 10.3. The van der Waals surface area contributed by atoms with Gasteiger partial charge in [0.15, 0.2) is 0 Å². The molecule has 0 spiro atoms. The van der Waals surface area contributed by atoms with Gasteiger partial charge in [0.25, 0.3) is 0 Å². The average Bonchev–Trinajstić information content (AvgIpc) is 2.39. The maximum atomic E-state index is 10.3. The molecule has 3 N–H and O–H groups in total. The second-order valence-electron chi connectivity index (χ2n) is 7.04. The zero-order valence-corrected chi connectivity index (χ0v) is 12.2. The summed E-state index contributed by atoms with van der Waals surface area (Å²) in [6.07, 6.45) is 3.97. The van der Waals surface area contributed by atoms with Crippen molar-refractivity contribution in [3.63, 3.8) is 0 Å². The minimum Gasteiger partial charge on any atom is -0.396 e. The molecular formula is C16H28O3. The molecule has 0 aromatic carbocycles. The molecule has 0 amide bonds. The Kier molecular flexibility index (Phi) is 4.10. The van der Waals surface area contributed by atoms with E-state index >= 15 is 0 Å². The molecule has 110 valence electrons. The van der Waals surface area contributed by atoms with Crippen LogP contribution in [0, 0.1) is 22.7 Å². The predicted octanol–water partition coefficient (Wildman–Crippen LogP) is 2.11. The van der Waals surface area contributed by atoms with Crippen molar-refractivity contribution >= 4 is 0 Å². The highest BCUT2D eigenvalue weighted by molar-refractivity contribution is 5.17. The SMILES string of the molecule is C=C1CCC2C(C)(CO)C(O)CCC2(C)C1CCO. The molecule has 0 aromatic rings. The van der Waals surface area contributed by atoms with Gasteiger partial charge in [0.1, 0.15) is 0 Å².